The van der Waals surface area contributed by atoms with Crippen LogP contribution in [0, 0.1) is 0 Å². The fourth-order valence-electron chi connectivity index (χ4n) is 1.98. The summed E-state index contributed by atoms with van der Waals surface area (Å²) in [7, 11) is 1.72. The zero-order valence-corrected chi connectivity index (χ0v) is 11.3. The summed E-state index contributed by atoms with van der Waals surface area (Å²) in [5, 5.41) is 4.00. The van der Waals surface area contributed by atoms with Gasteiger partial charge in [-0.05, 0) is 12.8 Å². The molecule has 0 aliphatic carbocycles. The highest BCUT2D eigenvalue weighted by Crippen LogP contribution is 2.22. The van der Waals surface area contributed by atoms with Crippen LogP contribution in [0.1, 0.15) is 38.4 Å². The third kappa shape index (κ3) is 3.10. The minimum absolute atomic E-state index is 0.310. The first-order valence-electron chi connectivity index (χ1n) is 6.46. The fourth-order valence-corrected chi connectivity index (χ4v) is 1.98. The van der Waals surface area contributed by atoms with Crippen molar-refractivity contribution in [2.24, 2.45) is 0 Å². The van der Waals surface area contributed by atoms with Gasteiger partial charge in [-0.1, -0.05) is 30.7 Å². The second-order valence-corrected chi connectivity index (χ2v) is 4.89. The lowest BCUT2D eigenvalue weighted by Gasteiger charge is -2.26. The van der Waals surface area contributed by atoms with Crippen LogP contribution in [0.5, 0.6) is 0 Å². The zero-order valence-electron chi connectivity index (χ0n) is 11.3. The van der Waals surface area contributed by atoms with Crippen molar-refractivity contribution in [1.29, 1.82) is 0 Å². The molecule has 2 rings (SSSR count). The van der Waals surface area contributed by atoms with Gasteiger partial charge in [-0.25, -0.2) is 0 Å². The Morgan fingerprint density at radius 1 is 1.39 bits per heavy atom. The normalized spacial score (nSPS) is 16.4. The topological polar surface area (TPSA) is 51.4 Å². The largest absolute Gasteiger partial charge is 0.381 e. The quantitative estimate of drug-likeness (QED) is 0.769. The Morgan fingerprint density at radius 2 is 2.11 bits per heavy atom. The molecule has 1 aliphatic rings. The first kappa shape index (κ1) is 13.1. The second kappa shape index (κ2) is 6.00. The smallest absolute Gasteiger partial charge is 0.324 e. The van der Waals surface area contributed by atoms with E-state index in [0.29, 0.717) is 18.5 Å². The van der Waals surface area contributed by atoms with Gasteiger partial charge < -0.3 is 14.2 Å². The third-order valence-electron chi connectivity index (χ3n) is 3.16. The van der Waals surface area contributed by atoms with Gasteiger partial charge >= 0.3 is 6.01 Å². The van der Waals surface area contributed by atoms with Gasteiger partial charge in [0.15, 0.2) is 5.82 Å². The Morgan fingerprint density at radius 3 is 2.67 bits per heavy atom. The van der Waals surface area contributed by atoms with E-state index in [4.69, 9.17) is 9.26 Å². The highest BCUT2D eigenvalue weighted by atomic mass is 16.5. The highest BCUT2D eigenvalue weighted by molar-refractivity contribution is 5.29. The molecule has 0 saturated carbocycles. The number of hydrogen-bond acceptors (Lipinski definition) is 5. The Kier molecular flexibility index (Phi) is 4.36. The van der Waals surface area contributed by atoms with Crippen LogP contribution in [-0.2, 0) is 4.74 Å². The van der Waals surface area contributed by atoms with Crippen molar-refractivity contribution in [2.75, 3.05) is 31.7 Å². The molecule has 0 N–H and O–H groups in total. The van der Waals surface area contributed by atoms with E-state index >= 15 is 0 Å². The minimum atomic E-state index is 0.310. The van der Waals surface area contributed by atoms with E-state index in [1.54, 1.807) is 7.11 Å². The number of aromatic nitrogens is 2. The van der Waals surface area contributed by atoms with Gasteiger partial charge in [0, 0.05) is 26.1 Å². The van der Waals surface area contributed by atoms with Gasteiger partial charge in [-0.3, -0.25) is 0 Å². The maximum atomic E-state index is 5.30. The first-order chi connectivity index (χ1) is 8.70. The summed E-state index contributed by atoms with van der Waals surface area (Å²) in [6, 6.07) is 0.657. The van der Waals surface area contributed by atoms with Crippen molar-refractivity contribution < 1.29 is 9.26 Å². The van der Waals surface area contributed by atoms with E-state index in [1.165, 1.54) is 5.57 Å². The molecule has 0 bridgehead atoms. The van der Waals surface area contributed by atoms with Crippen LogP contribution in [0.4, 0.5) is 6.01 Å². The Bertz CT molecular complexity index is 402. The number of nitrogens with zero attached hydrogens (tertiary/aromatic N) is 3. The summed E-state index contributed by atoms with van der Waals surface area (Å²) in [4.78, 5) is 6.58. The molecule has 0 unspecified atom stereocenters. The van der Waals surface area contributed by atoms with Crippen LogP contribution < -0.4 is 4.90 Å². The lowest BCUT2D eigenvalue weighted by Crippen LogP contribution is -2.30. The van der Waals surface area contributed by atoms with Gasteiger partial charge in [-0.2, -0.15) is 4.98 Å². The zero-order chi connectivity index (χ0) is 13.0. The number of ether oxygens (including phenoxy) is 1. The van der Waals surface area contributed by atoms with Crippen molar-refractivity contribution in [1.82, 2.24) is 10.1 Å². The predicted octanol–water partition coefficient (Wildman–Crippen LogP) is 2.37. The van der Waals surface area contributed by atoms with E-state index in [-0.39, 0.29) is 0 Å². The maximum Gasteiger partial charge on any atom is 0.324 e. The minimum Gasteiger partial charge on any atom is -0.381 e. The molecule has 5 heteroatoms. The molecular formula is C13H21N3O2. The maximum absolute atomic E-state index is 5.30. The molecule has 18 heavy (non-hydrogen) atoms. The second-order valence-electron chi connectivity index (χ2n) is 4.89. The molecule has 0 atom stereocenters. The molecule has 2 heterocycles. The third-order valence-corrected chi connectivity index (χ3v) is 3.16. The lowest BCUT2D eigenvalue weighted by atomic mass is 10.0. The first-order valence-corrected chi connectivity index (χ1v) is 6.46. The predicted molar refractivity (Wildman–Crippen MR) is 69.8 cm³/mol. The van der Waals surface area contributed by atoms with Gasteiger partial charge in [-0.15, -0.1) is 0 Å². The molecule has 1 aromatic heterocycles. The molecule has 0 amide bonds. The lowest BCUT2D eigenvalue weighted by molar-refractivity contribution is 0.232. The number of anilines is 1. The molecule has 0 radical (unpaired) electrons. The van der Waals surface area contributed by atoms with Crippen LogP contribution in [0.15, 0.2) is 16.2 Å². The van der Waals surface area contributed by atoms with Crippen molar-refractivity contribution in [2.45, 2.75) is 32.6 Å². The molecule has 100 valence electrons. The summed E-state index contributed by atoms with van der Waals surface area (Å²) in [6.07, 6.45) is 4.26. The van der Waals surface area contributed by atoms with E-state index < -0.39 is 0 Å². The van der Waals surface area contributed by atoms with E-state index in [2.05, 4.69) is 35.0 Å². The summed E-state index contributed by atoms with van der Waals surface area (Å²) in [6.45, 7) is 6.71. The van der Waals surface area contributed by atoms with Crippen molar-refractivity contribution in [3.05, 3.63) is 17.5 Å². The van der Waals surface area contributed by atoms with Crippen LogP contribution in [0.25, 0.3) is 0 Å². The van der Waals surface area contributed by atoms with Gasteiger partial charge in [0.2, 0.25) is 0 Å². The summed E-state index contributed by atoms with van der Waals surface area (Å²) < 4.78 is 10.4. The molecule has 1 aromatic rings. The van der Waals surface area contributed by atoms with E-state index in [0.717, 1.165) is 31.8 Å². The van der Waals surface area contributed by atoms with Crippen molar-refractivity contribution >= 4 is 6.01 Å². The van der Waals surface area contributed by atoms with Crippen LogP contribution in [0.3, 0.4) is 0 Å². The Labute approximate surface area is 108 Å². The van der Waals surface area contributed by atoms with Crippen LogP contribution in [0.2, 0.25) is 0 Å². The van der Waals surface area contributed by atoms with E-state index in [1.807, 2.05) is 0 Å². The van der Waals surface area contributed by atoms with Crippen molar-refractivity contribution in [3.63, 3.8) is 0 Å². The Balaban J connectivity index is 1.92. The van der Waals surface area contributed by atoms with E-state index in [9.17, 15) is 0 Å². The number of methoxy groups -OCH3 is 1. The number of piperidine rings is 1. The molecule has 1 aliphatic heterocycles. The molecule has 0 aromatic carbocycles. The molecule has 5 nitrogen and oxygen atoms in total. The summed E-state index contributed by atoms with van der Waals surface area (Å²) >= 11 is 0. The molecule has 0 spiro atoms. The fraction of sp³-hybridized carbons (Fsp3) is 0.692. The molecule has 1 saturated heterocycles. The summed E-state index contributed by atoms with van der Waals surface area (Å²) in [5.41, 5.74) is 1.46. The van der Waals surface area contributed by atoms with Gasteiger partial charge in [0.25, 0.3) is 0 Å². The SMILES string of the molecule is COCC=C1CCN(c2nc(C(C)C)no2)CC1. The van der Waals surface area contributed by atoms with Gasteiger partial charge in [0.1, 0.15) is 0 Å². The van der Waals surface area contributed by atoms with Crippen molar-refractivity contribution in [3.8, 4) is 0 Å². The van der Waals surface area contributed by atoms with Crippen LogP contribution >= 0.6 is 0 Å². The average molecular weight is 251 g/mol. The highest BCUT2D eigenvalue weighted by Gasteiger charge is 2.20. The summed E-state index contributed by atoms with van der Waals surface area (Å²) in [5.74, 6) is 1.09. The Hall–Kier alpha value is -1.36. The standard InChI is InChI=1S/C13H21N3O2/c1-10(2)12-14-13(18-15-12)16-7-4-11(5-8-16)6-9-17-3/h6,10H,4-5,7-9H2,1-3H3. The van der Waals surface area contributed by atoms with Crippen LogP contribution in [-0.4, -0.2) is 36.9 Å². The monoisotopic (exact) mass is 251 g/mol. The number of hydrogen-bond donors (Lipinski definition) is 0. The molecule has 1 fully saturated rings. The van der Waals surface area contributed by atoms with Gasteiger partial charge in [0.05, 0.1) is 6.61 Å². The average Bonchev–Trinajstić information content (AvgIpc) is 2.87. The molecular weight excluding hydrogens is 230 g/mol. The number of rotatable bonds is 4.